The van der Waals surface area contributed by atoms with E-state index in [0.717, 1.165) is 28.6 Å². The lowest BCUT2D eigenvalue weighted by Gasteiger charge is -2.23. The summed E-state index contributed by atoms with van der Waals surface area (Å²) in [6.45, 7) is 0.723. The largest absolute Gasteiger partial charge is 0.497 e. The van der Waals surface area contributed by atoms with Crippen molar-refractivity contribution < 1.29 is 19.1 Å². The summed E-state index contributed by atoms with van der Waals surface area (Å²) in [6, 6.07) is 16.5. The lowest BCUT2D eigenvalue weighted by atomic mass is 10.2. The zero-order chi connectivity index (χ0) is 19.5. The van der Waals surface area contributed by atoms with Crippen molar-refractivity contribution in [3.05, 3.63) is 66.4 Å². The second kappa shape index (κ2) is 7.76. The van der Waals surface area contributed by atoms with E-state index in [9.17, 15) is 9.59 Å². The van der Waals surface area contributed by atoms with Gasteiger partial charge in [0.2, 0.25) is 0 Å². The third-order valence-electron chi connectivity index (χ3n) is 5.11. The van der Waals surface area contributed by atoms with E-state index < -0.39 is 12.1 Å². The summed E-state index contributed by atoms with van der Waals surface area (Å²) >= 11 is 0. The summed E-state index contributed by atoms with van der Waals surface area (Å²) in [5, 5.41) is 0.920. The molecule has 0 radical (unpaired) electrons. The minimum Gasteiger partial charge on any atom is -0.497 e. The van der Waals surface area contributed by atoms with E-state index in [1.54, 1.807) is 22.8 Å². The van der Waals surface area contributed by atoms with Crippen LogP contribution in [0.25, 0.3) is 10.9 Å². The lowest BCUT2D eigenvalue weighted by Crippen LogP contribution is -2.42. The molecule has 0 bridgehead atoms. The van der Waals surface area contributed by atoms with Crippen LogP contribution >= 0.6 is 0 Å². The fourth-order valence-electron chi connectivity index (χ4n) is 3.64. The average molecular weight is 378 g/mol. The molecule has 28 heavy (non-hydrogen) atoms. The predicted molar refractivity (Wildman–Crippen MR) is 105 cm³/mol. The number of rotatable bonds is 4. The molecule has 1 atom stereocenters. The van der Waals surface area contributed by atoms with Gasteiger partial charge in [0.05, 0.1) is 12.6 Å². The van der Waals surface area contributed by atoms with Gasteiger partial charge < -0.3 is 9.47 Å². The van der Waals surface area contributed by atoms with Crippen molar-refractivity contribution in [1.82, 2.24) is 9.47 Å². The maximum absolute atomic E-state index is 13.1. The van der Waals surface area contributed by atoms with Crippen molar-refractivity contribution in [3.8, 4) is 5.75 Å². The Morgan fingerprint density at radius 1 is 1.11 bits per heavy atom. The monoisotopic (exact) mass is 378 g/mol. The van der Waals surface area contributed by atoms with E-state index in [4.69, 9.17) is 9.47 Å². The molecule has 3 aromatic rings. The molecular formula is C22H22N2O4. The Hall–Kier alpha value is -3.28. The number of carbonyl (C=O) groups is 2. The van der Waals surface area contributed by atoms with Gasteiger partial charge in [-0.1, -0.05) is 30.3 Å². The molecule has 0 aliphatic carbocycles. The highest BCUT2D eigenvalue weighted by atomic mass is 16.6. The van der Waals surface area contributed by atoms with Gasteiger partial charge in [-0.25, -0.2) is 4.79 Å². The van der Waals surface area contributed by atoms with Gasteiger partial charge in [-0.05, 0) is 42.7 Å². The highest BCUT2D eigenvalue weighted by molar-refractivity contribution is 5.96. The quantitative estimate of drug-likeness (QED) is 0.686. The first-order chi connectivity index (χ1) is 13.7. The van der Waals surface area contributed by atoms with Crippen LogP contribution in [0.1, 0.15) is 23.2 Å². The molecule has 0 saturated carbocycles. The first kappa shape index (κ1) is 18.1. The first-order valence-electron chi connectivity index (χ1n) is 9.34. The van der Waals surface area contributed by atoms with E-state index in [2.05, 4.69) is 0 Å². The van der Waals surface area contributed by atoms with Gasteiger partial charge in [0.25, 0.3) is 5.91 Å². The van der Waals surface area contributed by atoms with E-state index in [1.165, 1.54) is 0 Å². The molecule has 1 amide bonds. The number of fused-ring (bicyclic) bond motifs is 1. The minimum absolute atomic E-state index is 0.116. The fourth-order valence-corrected chi connectivity index (χ4v) is 3.64. The van der Waals surface area contributed by atoms with Crippen molar-refractivity contribution in [3.63, 3.8) is 0 Å². The van der Waals surface area contributed by atoms with Gasteiger partial charge in [0, 0.05) is 18.1 Å². The normalized spacial score (nSPS) is 16.3. The Labute approximate surface area is 163 Å². The zero-order valence-electron chi connectivity index (χ0n) is 15.7. The number of amides is 1. The molecule has 144 valence electrons. The molecule has 6 heteroatoms. The average Bonchev–Trinajstić information content (AvgIpc) is 3.39. The van der Waals surface area contributed by atoms with Crippen LogP contribution in [0.3, 0.4) is 0 Å². The smallest absolute Gasteiger partial charge is 0.410 e. The summed E-state index contributed by atoms with van der Waals surface area (Å²) < 4.78 is 12.3. The van der Waals surface area contributed by atoms with Crippen LogP contribution in [-0.2, 0) is 11.3 Å². The molecule has 0 N–H and O–H groups in total. The topological polar surface area (TPSA) is 60.8 Å². The summed E-state index contributed by atoms with van der Waals surface area (Å²) in [5.74, 6) is 0.624. The zero-order valence-corrected chi connectivity index (χ0v) is 15.7. The summed E-state index contributed by atoms with van der Waals surface area (Å²) in [4.78, 5) is 27.3. The van der Waals surface area contributed by atoms with Crippen molar-refractivity contribution in [2.45, 2.75) is 25.5 Å². The van der Waals surface area contributed by atoms with Gasteiger partial charge in [-0.2, -0.15) is 0 Å². The van der Waals surface area contributed by atoms with Crippen molar-refractivity contribution in [2.24, 2.45) is 0 Å². The number of likely N-dealkylation sites (tertiary alicyclic amines) is 1. The van der Waals surface area contributed by atoms with Crippen molar-refractivity contribution in [1.29, 1.82) is 0 Å². The summed E-state index contributed by atoms with van der Waals surface area (Å²) in [7, 11) is 1.61. The lowest BCUT2D eigenvalue weighted by molar-refractivity contribution is 0.0679. The maximum Gasteiger partial charge on any atom is 0.410 e. The molecule has 0 unspecified atom stereocenters. The number of hydrogen-bond acceptors (Lipinski definition) is 4. The van der Waals surface area contributed by atoms with Gasteiger partial charge in [0.15, 0.2) is 0 Å². The molecule has 1 fully saturated rings. The Morgan fingerprint density at radius 3 is 2.71 bits per heavy atom. The van der Waals surface area contributed by atoms with Crippen molar-refractivity contribution >= 4 is 22.9 Å². The Morgan fingerprint density at radius 2 is 1.93 bits per heavy atom. The minimum atomic E-state index is -0.513. The fraction of sp³-hybridized carbons (Fsp3) is 0.273. The van der Waals surface area contributed by atoms with Gasteiger partial charge in [0.1, 0.15) is 18.4 Å². The molecule has 0 spiro atoms. The standard InChI is InChI=1S/C22H22N2O4/c1-27-18-9-10-19-17(14-18)11-13-23(19)21(25)20-8-5-12-24(20)22(26)28-15-16-6-3-2-4-7-16/h2-4,6-7,9-11,13-14,20H,5,8,12,15H2,1H3/t20-/m1/s1. The predicted octanol–water partition coefficient (Wildman–Crippen LogP) is 4.09. The van der Waals surface area contributed by atoms with Crippen LogP contribution in [0.5, 0.6) is 5.75 Å². The Kier molecular flexibility index (Phi) is 5.02. The van der Waals surface area contributed by atoms with E-state index >= 15 is 0 Å². The molecule has 1 aromatic heterocycles. The highest BCUT2D eigenvalue weighted by Crippen LogP contribution is 2.25. The molecule has 1 aliphatic heterocycles. The Bertz CT molecular complexity index is 996. The molecule has 2 heterocycles. The number of methoxy groups -OCH3 is 1. The van der Waals surface area contributed by atoms with E-state index in [1.807, 2.05) is 54.6 Å². The SMILES string of the molecule is COc1ccc2c(ccn2C(=O)[C@H]2CCCN2C(=O)OCc2ccccc2)c1. The maximum atomic E-state index is 13.1. The number of benzene rings is 2. The third kappa shape index (κ3) is 3.45. The Balaban J connectivity index is 1.50. The van der Waals surface area contributed by atoms with Crippen LogP contribution in [0.2, 0.25) is 0 Å². The van der Waals surface area contributed by atoms with Crippen molar-refractivity contribution in [2.75, 3.05) is 13.7 Å². The molecule has 4 rings (SSSR count). The van der Waals surface area contributed by atoms with Crippen LogP contribution in [0, 0.1) is 0 Å². The number of nitrogens with zero attached hydrogens (tertiary/aromatic N) is 2. The number of aromatic nitrogens is 1. The first-order valence-corrected chi connectivity index (χ1v) is 9.34. The second-order valence-electron chi connectivity index (χ2n) is 6.84. The number of carbonyl (C=O) groups excluding carboxylic acids is 2. The molecular weight excluding hydrogens is 356 g/mol. The number of hydrogen-bond donors (Lipinski definition) is 0. The van der Waals surface area contributed by atoms with Crippen LogP contribution < -0.4 is 4.74 Å². The number of ether oxygens (including phenoxy) is 2. The highest BCUT2D eigenvalue weighted by Gasteiger charge is 2.36. The van der Waals surface area contributed by atoms with E-state index in [0.29, 0.717) is 13.0 Å². The second-order valence-corrected chi connectivity index (χ2v) is 6.84. The van der Waals surface area contributed by atoms with Gasteiger partial charge in [-0.15, -0.1) is 0 Å². The molecule has 1 saturated heterocycles. The summed E-state index contributed by atoms with van der Waals surface area (Å²) in [6.07, 6.45) is 2.72. The third-order valence-corrected chi connectivity index (χ3v) is 5.11. The molecule has 6 nitrogen and oxygen atoms in total. The molecule has 1 aliphatic rings. The van der Waals surface area contributed by atoms with Crippen LogP contribution in [0.4, 0.5) is 4.79 Å². The van der Waals surface area contributed by atoms with E-state index in [-0.39, 0.29) is 12.5 Å². The van der Waals surface area contributed by atoms with Gasteiger partial charge >= 0.3 is 6.09 Å². The summed E-state index contributed by atoms with van der Waals surface area (Å²) in [5.41, 5.74) is 1.72. The van der Waals surface area contributed by atoms with Crippen LogP contribution in [0.15, 0.2) is 60.8 Å². The van der Waals surface area contributed by atoms with Gasteiger partial charge in [-0.3, -0.25) is 14.3 Å². The van der Waals surface area contributed by atoms with Crippen LogP contribution in [-0.4, -0.2) is 41.2 Å². The molecule has 2 aromatic carbocycles.